The average Bonchev–Trinajstić information content (AvgIpc) is 2.36. The molecule has 1 atom stereocenters. The van der Waals surface area contributed by atoms with Crippen molar-refractivity contribution in [3.8, 4) is 0 Å². The van der Waals surface area contributed by atoms with Gasteiger partial charge in [-0.1, -0.05) is 30.3 Å². The number of hydrogen-bond acceptors (Lipinski definition) is 3. The van der Waals surface area contributed by atoms with Crippen LogP contribution >= 0.6 is 0 Å². The van der Waals surface area contributed by atoms with Gasteiger partial charge in [-0.2, -0.15) is 0 Å². The Balaban J connectivity index is 0.00000324. The van der Waals surface area contributed by atoms with Crippen LogP contribution in [0.3, 0.4) is 0 Å². The SMILES string of the molecule is COC[C@@H](NC(C)=O)C(=O)NCc1ccccc1.[CaH2]. The van der Waals surface area contributed by atoms with Gasteiger partial charge in [-0.15, -0.1) is 0 Å². The normalized spacial score (nSPS) is 11.1. The third-order valence-corrected chi connectivity index (χ3v) is 2.34. The number of nitrogens with one attached hydrogen (secondary N) is 2. The fourth-order valence-corrected chi connectivity index (χ4v) is 1.50. The van der Waals surface area contributed by atoms with Gasteiger partial charge in [-0.3, -0.25) is 9.59 Å². The molecule has 0 aliphatic heterocycles. The second kappa shape index (κ2) is 10.2. The first-order valence-corrected chi connectivity index (χ1v) is 5.71. The Morgan fingerprint density at radius 2 is 1.89 bits per heavy atom. The molecule has 0 bridgehead atoms. The van der Waals surface area contributed by atoms with Gasteiger partial charge in [0.2, 0.25) is 11.8 Å². The minimum atomic E-state index is -0.656. The van der Waals surface area contributed by atoms with E-state index in [1.807, 2.05) is 30.3 Å². The van der Waals surface area contributed by atoms with E-state index in [-0.39, 0.29) is 56.2 Å². The number of hydrogen-bond donors (Lipinski definition) is 2. The molecule has 0 saturated carbocycles. The molecule has 0 fully saturated rings. The number of rotatable bonds is 6. The third kappa shape index (κ3) is 7.52. The Morgan fingerprint density at radius 1 is 1.26 bits per heavy atom. The first kappa shape index (κ1) is 18.4. The van der Waals surface area contributed by atoms with Crippen LogP contribution in [0.1, 0.15) is 12.5 Å². The number of methoxy groups -OCH3 is 1. The van der Waals surface area contributed by atoms with Crippen LogP contribution in [0.2, 0.25) is 0 Å². The van der Waals surface area contributed by atoms with Crippen molar-refractivity contribution in [3.05, 3.63) is 35.9 Å². The Kier molecular flexibility index (Phi) is 9.87. The topological polar surface area (TPSA) is 67.4 Å². The molecule has 1 rings (SSSR count). The molecule has 6 heteroatoms. The standard InChI is InChI=1S/C13H18N2O3.Ca.2H/c1-10(16)15-12(9-18-2)13(17)14-8-11-6-4-3-5-7-11;;;/h3-7,12H,8-9H2,1-2H3,(H,14,17)(H,15,16);;;/t12-;;;/m1.../s1. The average molecular weight is 292 g/mol. The van der Waals surface area contributed by atoms with E-state index in [1.165, 1.54) is 14.0 Å². The van der Waals surface area contributed by atoms with E-state index >= 15 is 0 Å². The molecule has 19 heavy (non-hydrogen) atoms. The van der Waals surface area contributed by atoms with E-state index in [0.29, 0.717) is 6.54 Å². The zero-order chi connectivity index (χ0) is 13.4. The maximum atomic E-state index is 11.8. The maximum absolute atomic E-state index is 11.8. The van der Waals surface area contributed by atoms with E-state index in [4.69, 9.17) is 4.74 Å². The summed E-state index contributed by atoms with van der Waals surface area (Å²) in [7, 11) is 1.49. The van der Waals surface area contributed by atoms with Crippen molar-refractivity contribution in [1.29, 1.82) is 0 Å². The van der Waals surface area contributed by atoms with E-state index in [9.17, 15) is 9.59 Å². The molecule has 0 aliphatic rings. The number of benzene rings is 1. The molecule has 0 unspecified atom stereocenters. The van der Waals surface area contributed by atoms with Crippen molar-refractivity contribution < 1.29 is 14.3 Å². The summed E-state index contributed by atoms with van der Waals surface area (Å²) in [6.45, 7) is 1.95. The quantitative estimate of drug-likeness (QED) is 0.697. The summed E-state index contributed by atoms with van der Waals surface area (Å²) in [6, 6.07) is 8.91. The Labute approximate surface area is 143 Å². The summed E-state index contributed by atoms with van der Waals surface area (Å²) in [5.74, 6) is -0.511. The van der Waals surface area contributed by atoms with Gasteiger partial charge in [0.15, 0.2) is 0 Å². The summed E-state index contributed by atoms with van der Waals surface area (Å²) in [6.07, 6.45) is 0. The molecule has 2 amide bonds. The van der Waals surface area contributed by atoms with Gasteiger partial charge in [0, 0.05) is 20.6 Å². The van der Waals surface area contributed by atoms with Crippen molar-refractivity contribution in [2.75, 3.05) is 13.7 Å². The molecule has 0 radical (unpaired) electrons. The molecule has 5 nitrogen and oxygen atoms in total. The fraction of sp³-hybridized carbons (Fsp3) is 0.385. The van der Waals surface area contributed by atoms with Crippen molar-refractivity contribution in [2.45, 2.75) is 19.5 Å². The van der Waals surface area contributed by atoms with E-state index in [0.717, 1.165) is 5.56 Å². The number of carbonyl (C=O) groups excluding carboxylic acids is 2. The van der Waals surface area contributed by atoms with Crippen molar-refractivity contribution in [1.82, 2.24) is 10.6 Å². The second-order valence-corrected chi connectivity index (χ2v) is 3.91. The predicted octanol–water partition coefficient (Wildman–Crippen LogP) is -0.462. The number of carbonyl (C=O) groups is 2. The van der Waals surface area contributed by atoms with Crippen LogP contribution in [0.5, 0.6) is 0 Å². The van der Waals surface area contributed by atoms with Gasteiger partial charge in [-0.25, -0.2) is 0 Å². The molecule has 0 aliphatic carbocycles. The third-order valence-electron chi connectivity index (χ3n) is 2.34. The van der Waals surface area contributed by atoms with Crippen molar-refractivity contribution >= 4 is 49.6 Å². The monoisotopic (exact) mass is 292 g/mol. The summed E-state index contributed by atoms with van der Waals surface area (Å²) < 4.78 is 4.90. The van der Waals surface area contributed by atoms with Gasteiger partial charge >= 0.3 is 37.7 Å². The Hall–Kier alpha value is -0.620. The summed E-state index contributed by atoms with van der Waals surface area (Å²) in [5, 5.41) is 5.30. The van der Waals surface area contributed by atoms with Crippen LogP contribution in [0.15, 0.2) is 30.3 Å². The summed E-state index contributed by atoms with van der Waals surface area (Å²) in [5.41, 5.74) is 1.00. The second-order valence-electron chi connectivity index (χ2n) is 3.91. The summed E-state index contributed by atoms with van der Waals surface area (Å²) in [4.78, 5) is 22.8. The molecule has 102 valence electrons. The Morgan fingerprint density at radius 3 is 2.42 bits per heavy atom. The zero-order valence-corrected chi connectivity index (χ0v) is 10.6. The van der Waals surface area contributed by atoms with E-state index in [2.05, 4.69) is 10.6 Å². The van der Waals surface area contributed by atoms with E-state index < -0.39 is 6.04 Å². The molecule has 0 heterocycles. The van der Waals surface area contributed by atoms with Crippen LogP contribution < -0.4 is 10.6 Å². The first-order valence-electron chi connectivity index (χ1n) is 5.71. The van der Waals surface area contributed by atoms with Gasteiger partial charge in [-0.05, 0) is 5.56 Å². The van der Waals surface area contributed by atoms with Crippen molar-refractivity contribution in [3.63, 3.8) is 0 Å². The van der Waals surface area contributed by atoms with Crippen molar-refractivity contribution in [2.24, 2.45) is 0 Å². The molecule has 0 spiro atoms. The molecule has 1 aromatic carbocycles. The molecule has 0 saturated heterocycles. The van der Waals surface area contributed by atoms with Gasteiger partial charge in [0.25, 0.3) is 0 Å². The van der Waals surface area contributed by atoms with Crippen LogP contribution in [-0.4, -0.2) is 69.3 Å². The van der Waals surface area contributed by atoms with Crippen LogP contribution in [-0.2, 0) is 20.9 Å². The fourth-order valence-electron chi connectivity index (χ4n) is 1.50. The van der Waals surface area contributed by atoms with Gasteiger partial charge < -0.3 is 15.4 Å². The van der Waals surface area contributed by atoms with Gasteiger partial charge in [0.1, 0.15) is 6.04 Å². The Bertz CT molecular complexity index is 398. The molecular weight excluding hydrogens is 272 g/mol. The van der Waals surface area contributed by atoms with Crippen LogP contribution in [0.25, 0.3) is 0 Å². The van der Waals surface area contributed by atoms with Gasteiger partial charge in [0.05, 0.1) is 6.61 Å². The predicted molar refractivity (Wildman–Crippen MR) is 76.3 cm³/mol. The summed E-state index contributed by atoms with van der Waals surface area (Å²) >= 11 is 0. The molecule has 0 aromatic heterocycles. The molecule has 1 aromatic rings. The number of amides is 2. The minimum absolute atomic E-state index is 0. The van der Waals surface area contributed by atoms with Crippen LogP contribution in [0, 0.1) is 0 Å². The molecule has 2 N–H and O–H groups in total. The number of ether oxygens (including phenoxy) is 1. The van der Waals surface area contributed by atoms with Crippen LogP contribution in [0.4, 0.5) is 0 Å². The molecular formula is C13H20CaN2O3. The first-order chi connectivity index (χ1) is 8.63. The zero-order valence-electron chi connectivity index (χ0n) is 10.6. The van der Waals surface area contributed by atoms with E-state index in [1.54, 1.807) is 0 Å².